The zero-order valence-corrected chi connectivity index (χ0v) is 27.0. The lowest BCUT2D eigenvalue weighted by Crippen LogP contribution is -2.38. The number of fused-ring (bicyclic) bond motifs is 1. The highest BCUT2D eigenvalue weighted by atomic mass is 16.5. The first kappa shape index (κ1) is 30.0. The Hall–Kier alpha value is -5.65. The highest BCUT2D eigenvalue weighted by Crippen LogP contribution is 2.49. The van der Waals surface area contributed by atoms with E-state index in [9.17, 15) is 0 Å². The fraction of sp³-hybridized carbons (Fsp3) is 0.119. The summed E-state index contributed by atoms with van der Waals surface area (Å²) in [5.41, 5.74) is 9.54. The van der Waals surface area contributed by atoms with Crippen molar-refractivity contribution in [2.45, 2.75) is 12.1 Å². The summed E-state index contributed by atoms with van der Waals surface area (Å²) in [4.78, 5) is 9.52. The normalized spacial score (nSPS) is 13.2. The van der Waals surface area contributed by atoms with Crippen molar-refractivity contribution in [3.8, 4) is 0 Å². The van der Waals surface area contributed by atoms with Crippen molar-refractivity contribution in [1.82, 2.24) is 5.32 Å². The molecule has 0 aliphatic carbocycles. The molecule has 0 unspecified atom stereocenters. The number of para-hydroxylation sites is 2. The molecule has 0 amide bonds. The smallest absolute Gasteiger partial charge is 0.222 e. The van der Waals surface area contributed by atoms with E-state index in [1.165, 1.54) is 0 Å². The molecule has 0 fully saturated rings. The third-order valence-electron chi connectivity index (χ3n) is 8.92. The van der Waals surface area contributed by atoms with Gasteiger partial charge in [-0.2, -0.15) is 0 Å². The van der Waals surface area contributed by atoms with Crippen LogP contribution in [0.4, 0.5) is 28.4 Å². The Morgan fingerprint density at radius 3 is 1.53 bits per heavy atom. The third-order valence-corrected chi connectivity index (χ3v) is 8.92. The number of nitrogens with zero attached hydrogens (tertiary/aromatic N) is 3. The Balaban J connectivity index is 1.40. The lowest BCUT2D eigenvalue weighted by Gasteiger charge is -2.40. The molecular weight excluding hydrogens is 576 g/mol. The maximum Gasteiger partial charge on any atom is 0.222 e. The van der Waals surface area contributed by atoms with E-state index in [0.29, 0.717) is 5.90 Å². The Kier molecular flexibility index (Phi) is 8.30. The maximum atomic E-state index is 7.24. The molecule has 7 rings (SSSR count). The summed E-state index contributed by atoms with van der Waals surface area (Å²) >= 11 is 0. The molecule has 1 heterocycles. The van der Waals surface area contributed by atoms with Gasteiger partial charge in [0.1, 0.15) is 0 Å². The summed E-state index contributed by atoms with van der Waals surface area (Å²) in [5, 5.41) is 3.29. The lowest BCUT2D eigenvalue weighted by molar-refractivity contribution is 0.137. The highest BCUT2D eigenvalue weighted by molar-refractivity contribution is 5.98. The van der Waals surface area contributed by atoms with E-state index >= 15 is 0 Å². The minimum absolute atomic E-state index is 0.593. The zero-order chi connectivity index (χ0) is 32.2. The quantitative estimate of drug-likeness (QED) is 0.176. The van der Waals surface area contributed by atoms with Gasteiger partial charge in [-0.3, -0.25) is 0 Å². The Labute approximate surface area is 277 Å². The second-order valence-electron chi connectivity index (χ2n) is 11.8. The molecule has 6 aromatic carbocycles. The van der Waals surface area contributed by atoms with Crippen LogP contribution in [0.25, 0.3) is 0 Å². The van der Waals surface area contributed by atoms with Gasteiger partial charge in [-0.25, -0.2) is 4.99 Å². The molecule has 1 N–H and O–H groups in total. The highest BCUT2D eigenvalue weighted by Gasteiger charge is 2.44. The number of anilines is 4. The topological polar surface area (TPSA) is 40.1 Å². The molecule has 0 atom stereocenters. The van der Waals surface area contributed by atoms with Crippen molar-refractivity contribution in [3.63, 3.8) is 0 Å². The number of nitrogens with one attached hydrogen (secondary N) is 1. The number of hydrogen-bond donors (Lipinski definition) is 1. The predicted octanol–water partition coefficient (Wildman–Crippen LogP) is 9.34. The van der Waals surface area contributed by atoms with Crippen molar-refractivity contribution in [3.05, 3.63) is 186 Å². The monoisotopic (exact) mass is 614 g/mol. The summed E-state index contributed by atoms with van der Waals surface area (Å²) in [6, 6.07) is 55.0. The van der Waals surface area contributed by atoms with Gasteiger partial charge in [0.05, 0.1) is 5.69 Å². The van der Waals surface area contributed by atoms with Gasteiger partial charge in [0.15, 0.2) is 5.60 Å². The molecule has 0 saturated carbocycles. The number of hydrogen-bond acceptors (Lipinski definition) is 5. The summed E-state index contributed by atoms with van der Waals surface area (Å²) in [6.07, 6.45) is 0. The Morgan fingerprint density at radius 1 is 0.574 bits per heavy atom. The van der Waals surface area contributed by atoms with Crippen LogP contribution in [0.2, 0.25) is 0 Å². The fourth-order valence-electron chi connectivity index (χ4n) is 6.35. The van der Waals surface area contributed by atoms with Gasteiger partial charge >= 0.3 is 0 Å². The third kappa shape index (κ3) is 5.78. The van der Waals surface area contributed by atoms with Crippen LogP contribution in [-0.4, -0.2) is 27.0 Å². The minimum Gasteiger partial charge on any atom is -0.456 e. The van der Waals surface area contributed by atoms with Gasteiger partial charge in [0, 0.05) is 65.6 Å². The van der Waals surface area contributed by atoms with Gasteiger partial charge in [0.25, 0.3) is 0 Å². The van der Waals surface area contributed by atoms with E-state index in [2.05, 4.69) is 157 Å². The first-order chi connectivity index (χ1) is 23.1. The second kappa shape index (κ2) is 13.0. The van der Waals surface area contributed by atoms with E-state index in [4.69, 9.17) is 9.73 Å². The summed E-state index contributed by atoms with van der Waals surface area (Å²) in [6.45, 7) is 0.748. The number of rotatable bonds is 9. The summed E-state index contributed by atoms with van der Waals surface area (Å²) in [7, 11) is 6.16. The molecule has 0 saturated heterocycles. The fourth-order valence-corrected chi connectivity index (χ4v) is 6.35. The van der Waals surface area contributed by atoms with Gasteiger partial charge in [0.2, 0.25) is 5.90 Å². The molecule has 0 aromatic heterocycles. The van der Waals surface area contributed by atoms with E-state index in [1.54, 1.807) is 0 Å². The predicted molar refractivity (Wildman–Crippen MR) is 195 cm³/mol. The van der Waals surface area contributed by atoms with Crippen molar-refractivity contribution in [2.75, 3.05) is 30.9 Å². The van der Waals surface area contributed by atoms with Crippen LogP contribution in [0.15, 0.2) is 163 Å². The molecular formula is C42H38N4O. The number of ether oxygens (including phenoxy) is 1. The molecule has 5 heteroatoms. The van der Waals surface area contributed by atoms with Crippen molar-refractivity contribution in [1.29, 1.82) is 0 Å². The summed E-state index contributed by atoms with van der Waals surface area (Å²) < 4.78 is 7.24. The van der Waals surface area contributed by atoms with E-state index in [-0.39, 0.29) is 0 Å². The first-order valence-corrected chi connectivity index (χ1v) is 16.0. The van der Waals surface area contributed by atoms with Crippen LogP contribution in [0.3, 0.4) is 0 Å². The maximum absolute atomic E-state index is 7.24. The van der Waals surface area contributed by atoms with Gasteiger partial charge in [-0.05, 0) is 79.3 Å². The molecule has 0 radical (unpaired) electrons. The molecule has 1 aliphatic heterocycles. The minimum atomic E-state index is -0.950. The standard InChI is InChI=1S/C42H38N4O/c1-43-30-31-19-28-39-40(29-31)44-41(32-13-7-4-8-14-32)47-42(39,33-20-24-37(25-21-33)45(2)35-15-9-5-10-16-35)34-22-26-38(27-23-34)46(3)36-17-11-6-12-18-36/h4-29,43H,30H2,1-3H3. The molecule has 6 aromatic rings. The van der Waals surface area contributed by atoms with E-state index in [0.717, 1.165) is 62.8 Å². The second-order valence-corrected chi connectivity index (χ2v) is 11.8. The number of benzene rings is 6. The van der Waals surface area contributed by atoms with Crippen LogP contribution in [0, 0.1) is 0 Å². The van der Waals surface area contributed by atoms with Gasteiger partial charge < -0.3 is 19.9 Å². The molecule has 47 heavy (non-hydrogen) atoms. The van der Waals surface area contributed by atoms with Crippen LogP contribution in [-0.2, 0) is 16.9 Å². The van der Waals surface area contributed by atoms with Crippen molar-refractivity contribution >= 4 is 34.3 Å². The SMILES string of the molecule is CNCc1ccc2c(c1)N=C(c1ccccc1)OC2(c1ccc(N(C)c2ccccc2)cc1)c1ccc(N(C)c2ccccc2)cc1. The van der Waals surface area contributed by atoms with Crippen molar-refractivity contribution in [2.24, 2.45) is 4.99 Å². The van der Waals surface area contributed by atoms with Gasteiger partial charge in [-0.1, -0.05) is 91.0 Å². The largest absolute Gasteiger partial charge is 0.456 e. The molecule has 0 spiro atoms. The van der Waals surface area contributed by atoms with Gasteiger partial charge in [-0.15, -0.1) is 0 Å². The average molecular weight is 615 g/mol. The molecule has 0 bridgehead atoms. The van der Waals surface area contributed by atoms with Crippen molar-refractivity contribution < 1.29 is 4.74 Å². The molecule has 5 nitrogen and oxygen atoms in total. The van der Waals surface area contributed by atoms with Crippen LogP contribution >= 0.6 is 0 Å². The Morgan fingerprint density at radius 2 is 1.04 bits per heavy atom. The van der Waals surface area contributed by atoms with E-state index < -0.39 is 5.60 Å². The van der Waals surface area contributed by atoms with Crippen LogP contribution < -0.4 is 15.1 Å². The lowest BCUT2D eigenvalue weighted by atomic mass is 9.78. The summed E-state index contributed by atoms with van der Waals surface area (Å²) in [5.74, 6) is 0.593. The first-order valence-electron chi connectivity index (χ1n) is 16.0. The van der Waals surface area contributed by atoms with Crippen LogP contribution in [0.1, 0.15) is 27.8 Å². The van der Waals surface area contributed by atoms with E-state index in [1.807, 2.05) is 37.4 Å². The molecule has 1 aliphatic rings. The Bertz CT molecular complexity index is 1880. The molecule has 232 valence electrons. The average Bonchev–Trinajstić information content (AvgIpc) is 3.15. The van der Waals surface area contributed by atoms with Crippen LogP contribution in [0.5, 0.6) is 0 Å². The number of aliphatic imine (C=N–C) groups is 1. The zero-order valence-electron chi connectivity index (χ0n) is 27.0.